The molecule has 1 aliphatic rings. The summed E-state index contributed by atoms with van der Waals surface area (Å²) in [7, 11) is 0. The molecule has 0 aliphatic carbocycles. The largest absolute Gasteiger partial charge is 0.475 e. The van der Waals surface area contributed by atoms with Crippen LogP contribution in [0.3, 0.4) is 0 Å². The van der Waals surface area contributed by atoms with Gasteiger partial charge in [-0.3, -0.25) is 4.79 Å². The second-order valence-electron chi connectivity index (χ2n) is 5.34. The molecule has 1 aromatic carbocycles. The van der Waals surface area contributed by atoms with E-state index in [4.69, 9.17) is 4.74 Å². The maximum atomic E-state index is 12.0. The minimum atomic E-state index is -0.203. The van der Waals surface area contributed by atoms with Crippen LogP contribution in [0.5, 0.6) is 0 Å². The minimum Gasteiger partial charge on any atom is -0.475 e. The molecule has 0 aromatic heterocycles. The van der Waals surface area contributed by atoms with Gasteiger partial charge in [0.2, 0.25) is 5.90 Å². The van der Waals surface area contributed by atoms with Crippen molar-refractivity contribution in [3.05, 3.63) is 34.9 Å². The number of aliphatic imine (C=N–C) groups is 1. The summed E-state index contributed by atoms with van der Waals surface area (Å²) in [5.74, 6) is 0.724. The lowest BCUT2D eigenvalue weighted by atomic mass is 9.99. The topological polar surface area (TPSA) is 38.7 Å². The molecule has 0 N–H and O–H groups in total. The second-order valence-corrected chi connectivity index (χ2v) is 5.34. The fourth-order valence-corrected chi connectivity index (χ4v) is 1.99. The summed E-state index contributed by atoms with van der Waals surface area (Å²) in [6.07, 6.45) is 0.493. The Morgan fingerprint density at radius 1 is 1.44 bits per heavy atom. The molecule has 3 nitrogen and oxygen atoms in total. The number of ketones is 1. The summed E-state index contributed by atoms with van der Waals surface area (Å²) in [4.78, 5) is 16.5. The van der Waals surface area contributed by atoms with Crippen molar-refractivity contribution in [2.24, 2.45) is 4.99 Å². The molecule has 1 heterocycles. The number of nitrogens with zero attached hydrogens (tertiary/aromatic N) is 1. The molecule has 2 rings (SSSR count). The van der Waals surface area contributed by atoms with Gasteiger partial charge < -0.3 is 4.74 Å². The Morgan fingerprint density at radius 2 is 2.17 bits per heavy atom. The average molecular weight is 245 g/mol. The highest BCUT2D eigenvalue weighted by molar-refractivity contribution is 6.08. The predicted molar refractivity (Wildman–Crippen MR) is 72.4 cm³/mol. The van der Waals surface area contributed by atoms with Crippen LogP contribution in [0.4, 0.5) is 0 Å². The summed E-state index contributed by atoms with van der Waals surface area (Å²) >= 11 is 0. The molecular weight excluding hydrogens is 226 g/mol. The van der Waals surface area contributed by atoms with E-state index >= 15 is 0 Å². The van der Waals surface area contributed by atoms with E-state index in [-0.39, 0.29) is 11.3 Å². The first-order chi connectivity index (χ1) is 8.43. The van der Waals surface area contributed by atoms with E-state index in [9.17, 15) is 4.79 Å². The number of carbonyl (C=O) groups is 1. The van der Waals surface area contributed by atoms with E-state index in [1.54, 1.807) is 0 Å². The average Bonchev–Trinajstić information content (AvgIpc) is 2.68. The van der Waals surface area contributed by atoms with E-state index in [0.717, 1.165) is 11.1 Å². The van der Waals surface area contributed by atoms with Crippen LogP contribution in [0.2, 0.25) is 0 Å². The number of Topliss-reactive ketones (excluding diaryl/α,β-unsaturated/α-hetero) is 1. The fraction of sp³-hybridized carbons (Fsp3) is 0.467. The second kappa shape index (κ2) is 4.56. The monoisotopic (exact) mass is 245 g/mol. The quantitative estimate of drug-likeness (QED) is 0.767. The number of aryl methyl sites for hydroxylation is 1. The van der Waals surface area contributed by atoms with Crippen LogP contribution in [0.15, 0.2) is 23.2 Å². The van der Waals surface area contributed by atoms with Crippen molar-refractivity contribution in [1.82, 2.24) is 0 Å². The molecular formula is C15H19NO2. The van der Waals surface area contributed by atoms with Crippen molar-refractivity contribution >= 4 is 11.7 Å². The molecule has 18 heavy (non-hydrogen) atoms. The molecule has 0 amide bonds. The molecule has 0 radical (unpaired) electrons. The normalized spacial score (nSPS) is 17.2. The standard InChI is InChI=1S/C15H19NO2/c1-5-13(17)11-7-6-10(2)8-12(11)14-16-15(3,4)9-18-14/h6-8H,5,9H2,1-4H3. The van der Waals surface area contributed by atoms with Gasteiger partial charge in [-0.05, 0) is 26.8 Å². The van der Waals surface area contributed by atoms with Crippen molar-refractivity contribution in [3.8, 4) is 0 Å². The Labute approximate surface area is 108 Å². The van der Waals surface area contributed by atoms with E-state index in [1.807, 2.05) is 45.9 Å². The Kier molecular flexibility index (Phi) is 3.24. The van der Waals surface area contributed by atoms with E-state index in [1.165, 1.54) is 0 Å². The maximum absolute atomic E-state index is 12.0. The SMILES string of the molecule is CCC(=O)c1ccc(C)cc1C1=NC(C)(C)CO1. The van der Waals surface area contributed by atoms with Crippen molar-refractivity contribution < 1.29 is 9.53 Å². The van der Waals surface area contributed by atoms with Crippen LogP contribution in [0.1, 0.15) is 48.7 Å². The van der Waals surface area contributed by atoms with Gasteiger partial charge in [0.15, 0.2) is 5.78 Å². The fourth-order valence-electron chi connectivity index (χ4n) is 1.99. The van der Waals surface area contributed by atoms with Crippen LogP contribution >= 0.6 is 0 Å². The highest BCUT2D eigenvalue weighted by atomic mass is 16.5. The van der Waals surface area contributed by atoms with Crippen molar-refractivity contribution in [1.29, 1.82) is 0 Å². The molecule has 96 valence electrons. The molecule has 0 saturated carbocycles. The first-order valence-electron chi connectivity index (χ1n) is 6.30. The van der Waals surface area contributed by atoms with Crippen molar-refractivity contribution in [3.63, 3.8) is 0 Å². The van der Waals surface area contributed by atoms with Gasteiger partial charge in [0.05, 0.1) is 5.54 Å². The third kappa shape index (κ3) is 2.45. The third-order valence-corrected chi connectivity index (χ3v) is 2.99. The Balaban J connectivity index is 2.50. The van der Waals surface area contributed by atoms with Gasteiger partial charge in [-0.25, -0.2) is 4.99 Å². The van der Waals surface area contributed by atoms with Crippen LogP contribution in [-0.2, 0) is 4.74 Å². The predicted octanol–water partition coefficient (Wildman–Crippen LogP) is 3.14. The zero-order valence-electron chi connectivity index (χ0n) is 11.4. The molecule has 1 aliphatic heterocycles. The molecule has 0 fully saturated rings. The summed E-state index contributed by atoms with van der Waals surface area (Å²) in [5, 5.41) is 0. The summed E-state index contributed by atoms with van der Waals surface area (Å²) in [6.45, 7) is 8.49. The van der Waals surface area contributed by atoms with Gasteiger partial charge >= 0.3 is 0 Å². The van der Waals surface area contributed by atoms with Gasteiger partial charge in [0.25, 0.3) is 0 Å². The smallest absolute Gasteiger partial charge is 0.217 e. The van der Waals surface area contributed by atoms with Gasteiger partial charge in [-0.1, -0.05) is 24.6 Å². The lowest BCUT2D eigenvalue weighted by Crippen LogP contribution is -2.17. The van der Waals surface area contributed by atoms with E-state index in [2.05, 4.69) is 4.99 Å². The summed E-state index contributed by atoms with van der Waals surface area (Å²) in [6, 6.07) is 5.80. The number of ether oxygens (including phenoxy) is 1. The molecule has 0 saturated heterocycles. The van der Waals surface area contributed by atoms with Crippen LogP contribution < -0.4 is 0 Å². The zero-order chi connectivity index (χ0) is 13.3. The minimum absolute atomic E-state index is 0.126. The van der Waals surface area contributed by atoms with Crippen LogP contribution in [0.25, 0.3) is 0 Å². The van der Waals surface area contributed by atoms with Gasteiger partial charge in [-0.15, -0.1) is 0 Å². The van der Waals surface area contributed by atoms with Crippen LogP contribution in [-0.4, -0.2) is 23.8 Å². The van der Waals surface area contributed by atoms with Gasteiger partial charge in [0.1, 0.15) is 6.61 Å². The van der Waals surface area contributed by atoms with E-state index in [0.29, 0.717) is 24.5 Å². The number of carbonyl (C=O) groups excluding carboxylic acids is 1. The summed E-state index contributed by atoms with van der Waals surface area (Å²) < 4.78 is 5.64. The molecule has 0 spiro atoms. The highest BCUT2D eigenvalue weighted by Gasteiger charge is 2.29. The van der Waals surface area contributed by atoms with E-state index < -0.39 is 0 Å². The first-order valence-corrected chi connectivity index (χ1v) is 6.30. The Morgan fingerprint density at radius 3 is 2.72 bits per heavy atom. The van der Waals surface area contributed by atoms with Crippen LogP contribution in [0, 0.1) is 6.92 Å². The van der Waals surface area contributed by atoms with Crippen molar-refractivity contribution in [2.75, 3.05) is 6.61 Å². The lowest BCUT2D eigenvalue weighted by molar-refractivity contribution is 0.0987. The maximum Gasteiger partial charge on any atom is 0.217 e. The highest BCUT2D eigenvalue weighted by Crippen LogP contribution is 2.24. The molecule has 0 bridgehead atoms. The molecule has 0 unspecified atom stereocenters. The number of rotatable bonds is 3. The van der Waals surface area contributed by atoms with Gasteiger partial charge in [-0.2, -0.15) is 0 Å². The number of hydrogen-bond donors (Lipinski definition) is 0. The Bertz CT molecular complexity index is 515. The van der Waals surface area contributed by atoms with Gasteiger partial charge in [0, 0.05) is 17.5 Å². The lowest BCUT2D eigenvalue weighted by Gasteiger charge is -2.08. The number of hydrogen-bond acceptors (Lipinski definition) is 3. The first kappa shape index (κ1) is 12.8. The third-order valence-electron chi connectivity index (χ3n) is 2.99. The molecule has 1 aromatic rings. The Hall–Kier alpha value is -1.64. The summed E-state index contributed by atoms with van der Waals surface area (Å²) in [5.41, 5.74) is 2.44. The molecule has 0 atom stereocenters. The zero-order valence-corrected chi connectivity index (χ0v) is 11.4. The van der Waals surface area contributed by atoms with Crippen molar-refractivity contribution in [2.45, 2.75) is 39.7 Å². The number of benzene rings is 1. The molecule has 3 heteroatoms.